The topological polar surface area (TPSA) is 94.0 Å². The Bertz CT molecular complexity index is 672. The van der Waals surface area contributed by atoms with Gasteiger partial charge in [0.15, 0.2) is 5.16 Å². The summed E-state index contributed by atoms with van der Waals surface area (Å²) in [7, 11) is 0. The Morgan fingerprint density at radius 3 is 2.76 bits per heavy atom. The minimum atomic E-state index is -0.942. The van der Waals surface area contributed by atoms with E-state index in [-0.39, 0.29) is 11.6 Å². The first-order chi connectivity index (χ1) is 9.90. The Balaban J connectivity index is 2.15. The van der Waals surface area contributed by atoms with Crippen molar-refractivity contribution in [2.45, 2.75) is 30.8 Å². The number of aromatic nitrogens is 3. The number of benzene rings is 1. The molecule has 0 saturated heterocycles. The minimum absolute atomic E-state index is 0.181. The fourth-order valence-electron chi connectivity index (χ4n) is 1.81. The lowest BCUT2D eigenvalue weighted by molar-refractivity contribution is 0.0697. The Kier molecular flexibility index (Phi) is 4.89. The molecule has 0 radical (unpaired) electrons. The molecule has 0 aliphatic heterocycles. The number of hydrogen-bond acceptors (Lipinski definition) is 5. The minimum Gasteiger partial charge on any atom is -0.478 e. The number of thioether (sulfide) groups is 1. The van der Waals surface area contributed by atoms with E-state index >= 15 is 0 Å². The molecule has 1 aromatic carbocycles. The lowest BCUT2D eigenvalue weighted by Gasteiger charge is -2.11. The van der Waals surface area contributed by atoms with Gasteiger partial charge in [-0.1, -0.05) is 33.8 Å². The van der Waals surface area contributed by atoms with Crippen molar-refractivity contribution in [1.29, 1.82) is 0 Å². The molecule has 2 rings (SSSR count). The lowest BCUT2D eigenvalue weighted by atomic mass is 10.1. The molecule has 0 saturated carbocycles. The van der Waals surface area contributed by atoms with E-state index < -0.39 is 5.97 Å². The summed E-state index contributed by atoms with van der Waals surface area (Å²) >= 11 is 4.91. The number of rotatable bonds is 5. The standard InChI is InChI=1S/C13H15BrN4O2S/c1-7(2)18-12(15)16-17-13(18)21-6-9-4-3-8(11(19)20)5-10(9)14/h3-5,7H,6H2,1-2H3,(H2,15,16)(H,19,20). The number of nitrogen functional groups attached to an aromatic ring is 1. The van der Waals surface area contributed by atoms with E-state index in [1.807, 2.05) is 18.4 Å². The molecule has 0 unspecified atom stereocenters. The van der Waals surface area contributed by atoms with Gasteiger partial charge < -0.3 is 10.8 Å². The second-order valence-corrected chi connectivity index (χ2v) is 6.50. The Morgan fingerprint density at radius 1 is 1.48 bits per heavy atom. The van der Waals surface area contributed by atoms with Gasteiger partial charge in [-0.2, -0.15) is 0 Å². The maximum atomic E-state index is 10.9. The molecule has 21 heavy (non-hydrogen) atoms. The highest BCUT2D eigenvalue weighted by Gasteiger charge is 2.14. The van der Waals surface area contributed by atoms with E-state index in [2.05, 4.69) is 26.1 Å². The van der Waals surface area contributed by atoms with Crippen LogP contribution in [-0.4, -0.2) is 25.8 Å². The number of hydrogen-bond donors (Lipinski definition) is 2. The first kappa shape index (κ1) is 15.8. The molecule has 3 N–H and O–H groups in total. The highest BCUT2D eigenvalue weighted by atomic mass is 79.9. The normalized spacial score (nSPS) is 11.0. The average Bonchev–Trinajstić information content (AvgIpc) is 2.78. The zero-order valence-electron chi connectivity index (χ0n) is 11.6. The highest BCUT2D eigenvalue weighted by Crippen LogP contribution is 2.29. The van der Waals surface area contributed by atoms with E-state index in [9.17, 15) is 4.79 Å². The van der Waals surface area contributed by atoms with Gasteiger partial charge in [0.2, 0.25) is 5.95 Å². The molecule has 112 valence electrons. The van der Waals surface area contributed by atoms with E-state index in [0.29, 0.717) is 11.7 Å². The number of aromatic carboxylic acids is 1. The van der Waals surface area contributed by atoms with Crippen molar-refractivity contribution in [2.24, 2.45) is 0 Å². The summed E-state index contributed by atoms with van der Waals surface area (Å²) in [6, 6.07) is 5.16. The molecule has 0 bridgehead atoms. The van der Waals surface area contributed by atoms with Crippen molar-refractivity contribution < 1.29 is 9.90 Å². The molecular weight excluding hydrogens is 356 g/mol. The number of halogens is 1. The van der Waals surface area contributed by atoms with Gasteiger partial charge in [0, 0.05) is 16.3 Å². The van der Waals surface area contributed by atoms with Crippen LogP contribution in [0.2, 0.25) is 0 Å². The van der Waals surface area contributed by atoms with Crippen LogP contribution in [0.5, 0.6) is 0 Å². The molecule has 0 fully saturated rings. The first-order valence-corrected chi connectivity index (χ1v) is 8.03. The summed E-state index contributed by atoms with van der Waals surface area (Å²) in [5.74, 6) is 0.0979. The van der Waals surface area contributed by atoms with Crippen molar-refractivity contribution in [3.8, 4) is 0 Å². The molecule has 2 aromatic rings. The summed E-state index contributed by atoms with van der Waals surface area (Å²) in [5.41, 5.74) is 7.04. The molecule has 0 spiro atoms. The monoisotopic (exact) mass is 370 g/mol. The van der Waals surface area contributed by atoms with E-state index in [1.54, 1.807) is 18.2 Å². The molecule has 8 heteroatoms. The number of carboxylic acid groups (broad SMARTS) is 1. The molecule has 6 nitrogen and oxygen atoms in total. The van der Waals surface area contributed by atoms with Gasteiger partial charge in [0.1, 0.15) is 0 Å². The fraction of sp³-hybridized carbons (Fsp3) is 0.308. The predicted molar refractivity (Wildman–Crippen MR) is 85.5 cm³/mol. The summed E-state index contributed by atoms with van der Waals surface area (Å²) in [6.07, 6.45) is 0. The second kappa shape index (κ2) is 6.48. The van der Waals surface area contributed by atoms with Crippen molar-refractivity contribution in [2.75, 3.05) is 5.73 Å². The maximum absolute atomic E-state index is 10.9. The average molecular weight is 371 g/mol. The van der Waals surface area contributed by atoms with Crippen LogP contribution in [0.4, 0.5) is 5.95 Å². The molecule has 0 atom stereocenters. The second-order valence-electron chi connectivity index (χ2n) is 4.70. The van der Waals surface area contributed by atoms with E-state index in [0.717, 1.165) is 15.2 Å². The largest absolute Gasteiger partial charge is 0.478 e. The van der Waals surface area contributed by atoms with Gasteiger partial charge in [-0.3, -0.25) is 4.57 Å². The number of nitrogens with two attached hydrogens (primary N) is 1. The highest BCUT2D eigenvalue weighted by molar-refractivity contribution is 9.10. The zero-order valence-corrected chi connectivity index (χ0v) is 14.0. The fourth-order valence-corrected chi connectivity index (χ4v) is 3.59. The van der Waals surface area contributed by atoms with Crippen LogP contribution in [0.3, 0.4) is 0 Å². The van der Waals surface area contributed by atoms with Gasteiger partial charge in [-0.15, -0.1) is 10.2 Å². The predicted octanol–water partition coefficient (Wildman–Crippen LogP) is 3.19. The summed E-state index contributed by atoms with van der Waals surface area (Å²) < 4.78 is 2.63. The Labute approximate surface area is 134 Å². The van der Waals surface area contributed by atoms with Crippen LogP contribution < -0.4 is 5.73 Å². The van der Waals surface area contributed by atoms with Crippen LogP contribution >= 0.6 is 27.7 Å². The summed E-state index contributed by atoms with van der Waals surface area (Å²) in [5, 5.41) is 17.7. The third kappa shape index (κ3) is 3.56. The third-order valence-corrected chi connectivity index (χ3v) is 4.59. The number of nitrogens with zero attached hydrogens (tertiary/aromatic N) is 3. The SMILES string of the molecule is CC(C)n1c(N)nnc1SCc1ccc(C(=O)O)cc1Br. The van der Waals surface area contributed by atoms with Crippen molar-refractivity contribution >= 4 is 39.6 Å². The van der Waals surface area contributed by atoms with Gasteiger partial charge in [-0.25, -0.2) is 4.79 Å². The summed E-state index contributed by atoms with van der Waals surface area (Å²) in [4.78, 5) is 10.9. The van der Waals surface area contributed by atoms with Crippen LogP contribution in [0, 0.1) is 0 Å². The molecule has 0 aliphatic carbocycles. The third-order valence-electron chi connectivity index (χ3n) is 2.86. The molecular formula is C13H15BrN4O2S. The first-order valence-electron chi connectivity index (χ1n) is 6.25. The Morgan fingerprint density at radius 2 is 2.19 bits per heavy atom. The van der Waals surface area contributed by atoms with Crippen molar-refractivity contribution in [3.63, 3.8) is 0 Å². The molecule has 0 amide bonds. The van der Waals surface area contributed by atoms with E-state index in [1.165, 1.54) is 11.8 Å². The summed E-state index contributed by atoms with van der Waals surface area (Å²) in [6.45, 7) is 4.03. The number of anilines is 1. The van der Waals surface area contributed by atoms with E-state index in [4.69, 9.17) is 10.8 Å². The van der Waals surface area contributed by atoms with Crippen LogP contribution in [0.1, 0.15) is 35.8 Å². The zero-order chi connectivity index (χ0) is 15.6. The van der Waals surface area contributed by atoms with Crippen molar-refractivity contribution in [1.82, 2.24) is 14.8 Å². The molecule has 1 aromatic heterocycles. The van der Waals surface area contributed by atoms with Gasteiger partial charge in [-0.05, 0) is 31.5 Å². The number of carboxylic acids is 1. The lowest BCUT2D eigenvalue weighted by Crippen LogP contribution is -2.07. The van der Waals surface area contributed by atoms with Gasteiger partial charge >= 0.3 is 5.97 Å². The number of carbonyl (C=O) groups is 1. The molecule has 0 aliphatic rings. The maximum Gasteiger partial charge on any atom is 0.335 e. The molecule has 1 heterocycles. The smallest absolute Gasteiger partial charge is 0.335 e. The van der Waals surface area contributed by atoms with Gasteiger partial charge in [0.05, 0.1) is 5.56 Å². The quantitative estimate of drug-likeness (QED) is 0.784. The van der Waals surface area contributed by atoms with Crippen LogP contribution in [0.15, 0.2) is 27.8 Å². The van der Waals surface area contributed by atoms with Crippen LogP contribution in [0.25, 0.3) is 0 Å². The van der Waals surface area contributed by atoms with Crippen LogP contribution in [-0.2, 0) is 5.75 Å². The van der Waals surface area contributed by atoms with Crippen molar-refractivity contribution in [3.05, 3.63) is 33.8 Å². The van der Waals surface area contributed by atoms with Gasteiger partial charge in [0.25, 0.3) is 0 Å². The Hall–Kier alpha value is -1.54.